The van der Waals surface area contributed by atoms with Crippen LogP contribution >= 0.6 is 11.6 Å². The minimum Gasteiger partial charge on any atom is -0.496 e. The molecular formula is C11H14ClNO2. The zero-order valence-electron chi connectivity index (χ0n) is 9.08. The maximum absolute atomic E-state index is 10.8. The molecule has 15 heavy (non-hydrogen) atoms. The summed E-state index contributed by atoms with van der Waals surface area (Å²) in [6, 6.07) is 5.79. The predicted octanol–water partition coefficient (Wildman–Crippen LogP) is 2.79. The van der Waals surface area contributed by atoms with Crippen molar-refractivity contribution in [1.29, 1.82) is 0 Å². The van der Waals surface area contributed by atoms with Crippen molar-refractivity contribution in [3.05, 3.63) is 29.3 Å². The molecule has 3 nitrogen and oxygen atoms in total. The number of benzene rings is 1. The molecule has 1 amide bonds. The summed E-state index contributed by atoms with van der Waals surface area (Å²) in [5.74, 6) is 0.846. The number of hydrogen-bond donors (Lipinski definition) is 0. The van der Waals surface area contributed by atoms with Crippen molar-refractivity contribution < 1.29 is 9.53 Å². The summed E-state index contributed by atoms with van der Waals surface area (Å²) in [6.07, 6.45) is 0. The summed E-state index contributed by atoms with van der Waals surface area (Å²) < 4.78 is 5.15. The van der Waals surface area contributed by atoms with Gasteiger partial charge in [-0.2, -0.15) is 0 Å². The third-order valence-electron chi connectivity index (χ3n) is 2.18. The molecule has 1 aromatic carbocycles. The van der Waals surface area contributed by atoms with Gasteiger partial charge in [-0.1, -0.05) is 12.1 Å². The fourth-order valence-corrected chi connectivity index (χ4v) is 1.43. The number of rotatable bonds is 3. The second-order valence-electron chi connectivity index (χ2n) is 3.41. The van der Waals surface area contributed by atoms with Crippen LogP contribution in [-0.2, 0) is 6.54 Å². The van der Waals surface area contributed by atoms with Crippen molar-refractivity contribution in [3.8, 4) is 5.75 Å². The first-order valence-corrected chi connectivity index (χ1v) is 4.96. The molecule has 0 N–H and O–H groups in total. The summed E-state index contributed by atoms with van der Waals surface area (Å²) in [6.45, 7) is 2.47. The maximum atomic E-state index is 10.8. The quantitative estimate of drug-likeness (QED) is 0.587. The lowest BCUT2D eigenvalue weighted by atomic mass is 10.1. The molecule has 82 valence electrons. The molecular weight excluding hydrogens is 214 g/mol. The molecule has 0 aliphatic heterocycles. The average Bonchev–Trinajstić information content (AvgIpc) is 2.18. The van der Waals surface area contributed by atoms with E-state index in [0.717, 1.165) is 16.9 Å². The van der Waals surface area contributed by atoms with E-state index < -0.39 is 5.37 Å². The van der Waals surface area contributed by atoms with Crippen molar-refractivity contribution in [1.82, 2.24) is 4.90 Å². The van der Waals surface area contributed by atoms with Gasteiger partial charge < -0.3 is 9.64 Å². The topological polar surface area (TPSA) is 29.5 Å². The van der Waals surface area contributed by atoms with E-state index in [9.17, 15) is 4.79 Å². The number of aryl methyl sites for hydroxylation is 1. The first-order chi connectivity index (χ1) is 7.04. The normalized spacial score (nSPS) is 9.87. The fourth-order valence-electron chi connectivity index (χ4n) is 1.37. The molecule has 0 fully saturated rings. The number of halogens is 1. The number of methoxy groups -OCH3 is 1. The lowest BCUT2D eigenvalue weighted by molar-refractivity contribution is 0.230. The molecule has 0 radical (unpaired) electrons. The molecule has 1 aromatic rings. The van der Waals surface area contributed by atoms with Crippen molar-refractivity contribution in [2.75, 3.05) is 14.2 Å². The Kier molecular flexibility index (Phi) is 3.97. The van der Waals surface area contributed by atoms with Crippen LogP contribution in [0.3, 0.4) is 0 Å². The molecule has 0 bridgehead atoms. The predicted molar refractivity (Wildman–Crippen MR) is 60.4 cm³/mol. The van der Waals surface area contributed by atoms with Gasteiger partial charge in [0.1, 0.15) is 5.75 Å². The van der Waals surface area contributed by atoms with E-state index in [4.69, 9.17) is 16.3 Å². The number of hydrogen-bond acceptors (Lipinski definition) is 2. The Morgan fingerprint density at radius 2 is 2.20 bits per heavy atom. The molecule has 1 rings (SSSR count). The van der Waals surface area contributed by atoms with Crippen LogP contribution < -0.4 is 4.74 Å². The summed E-state index contributed by atoms with van der Waals surface area (Å²) in [4.78, 5) is 12.3. The van der Waals surface area contributed by atoms with Crippen LogP contribution in [0.5, 0.6) is 5.75 Å². The molecule has 0 atom stereocenters. The molecule has 0 heterocycles. The van der Waals surface area contributed by atoms with Crippen molar-refractivity contribution in [3.63, 3.8) is 0 Å². The Morgan fingerprint density at radius 1 is 1.53 bits per heavy atom. The summed E-state index contributed by atoms with van der Waals surface area (Å²) >= 11 is 5.34. The highest BCUT2D eigenvalue weighted by Crippen LogP contribution is 2.19. The number of carbonyl (C=O) groups excluding carboxylic acids is 1. The van der Waals surface area contributed by atoms with E-state index in [0.29, 0.717) is 6.54 Å². The third-order valence-corrected chi connectivity index (χ3v) is 2.47. The van der Waals surface area contributed by atoms with Gasteiger partial charge in [0.25, 0.3) is 0 Å². The average molecular weight is 228 g/mol. The van der Waals surface area contributed by atoms with Crippen molar-refractivity contribution in [2.45, 2.75) is 13.5 Å². The van der Waals surface area contributed by atoms with Gasteiger partial charge in [-0.25, -0.2) is 0 Å². The molecule has 0 aliphatic rings. The highest BCUT2D eigenvalue weighted by Gasteiger charge is 2.06. The lowest BCUT2D eigenvalue weighted by Gasteiger charge is -2.14. The van der Waals surface area contributed by atoms with Crippen LogP contribution in [0, 0.1) is 6.92 Å². The van der Waals surface area contributed by atoms with Crippen LogP contribution in [0.15, 0.2) is 18.2 Å². The maximum Gasteiger partial charge on any atom is 0.316 e. The number of amides is 1. The molecule has 0 saturated heterocycles. The third kappa shape index (κ3) is 3.13. The van der Waals surface area contributed by atoms with Gasteiger partial charge in [0.05, 0.1) is 7.11 Å². The van der Waals surface area contributed by atoms with Crippen LogP contribution in [0.1, 0.15) is 11.1 Å². The van der Waals surface area contributed by atoms with Gasteiger partial charge in [0.2, 0.25) is 0 Å². The Labute approximate surface area is 94.6 Å². The van der Waals surface area contributed by atoms with Crippen LogP contribution in [0.4, 0.5) is 4.79 Å². The number of nitrogens with zero attached hydrogens (tertiary/aromatic N) is 1. The Hall–Kier alpha value is -1.22. The Morgan fingerprint density at radius 3 is 2.67 bits per heavy atom. The van der Waals surface area contributed by atoms with Gasteiger partial charge in [0.15, 0.2) is 0 Å². The van der Waals surface area contributed by atoms with E-state index in [1.54, 1.807) is 14.2 Å². The first kappa shape index (κ1) is 11.9. The van der Waals surface area contributed by atoms with Crippen molar-refractivity contribution >= 4 is 17.0 Å². The number of ether oxygens (including phenoxy) is 1. The standard InChI is InChI=1S/C11H14ClNO2/c1-8-6-9(4-5-10(8)15-3)7-13(2)11(12)14/h4-6H,7H2,1-3H3. The molecule has 0 spiro atoms. The summed E-state index contributed by atoms with van der Waals surface area (Å²) in [7, 11) is 3.30. The highest BCUT2D eigenvalue weighted by molar-refractivity contribution is 6.62. The summed E-state index contributed by atoms with van der Waals surface area (Å²) in [5, 5.41) is -0.455. The SMILES string of the molecule is COc1ccc(CN(C)C(=O)Cl)cc1C. The minimum absolute atomic E-state index is 0.455. The minimum atomic E-state index is -0.455. The van der Waals surface area contributed by atoms with E-state index in [2.05, 4.69) is 0 Å². The van der Waals surface area contributed by atoms with Gasteiger partial charge in [0, 0.05) is 13.6 Å². The second kappa shape index (κ2) is 5.03. The smallest absolute Gasteiger partial charge is 0.316 e. The Bertz CT molecular complexity index is 366. The Balaban J connectivity index is 2.79. The lowest BCUT2D eigenvalue weighted by Crippen LogP contribution is -2.20. The van der Waals surface area contributed by atoms with Gasteiger partial charge in [-0.05, 0) is 35.7 Å². The monoisotopic (exact) mass is 227 g/mol. The van der Waals surface area contributed by atoms with Crippen LogP contribution in [0.25, 0.3) is 0 Å². The van der Waals surface area contributed by atoms with E-state index in [-0.39, 0.29) is 0 Å². The van der Waals surface area contributed by atoms with Crippen LogP contribution in [0.2, 0.25) is 0 Å². The van der Waals surface area contributed by atoms with Crippen molar-refractivity contribution in [2.24, 2.45) is 0 Å². The van der Waals surface area contributed by atoms with E-state index in [1.807, 2.05) is 25.1 Å². The highest BCUT2D eigenvalue weighted by atomic mass is 35.5. The first-order valence-electron chi connectivity index (χ1n) is 4.58. The van der Waals surface area contributed by atoms with E-state index >= 15 is 0 Å². The van der Waals surface area contributed by atoms with E-state index in [1.165, 1.54) is 4.90 Å². The van der Waals surface area contributed by atoms with Gasteiger partial charge in [-0.3, -0.25) is 4.79 Å². The largest absolute Gasteiger partial charge is 0.496 e. The van der Waals surface area contributed by atoms with Crippen LogP contribution in [-0.4, -0.2) is 24.4 Å². The van der Waals surface area contributed by atoms with Gasteiger partial charge in [-0.15, -0.1) is 0 Å². The zero-order valence-corrected chi connectivity index (χ0v) is 9.84. The second-order valence-corrected chi connectivity index (χ2v) is 3.74. The molecule has 0 aromatic heterocycles. The summed E-state index contributed by atoms with van der Waals surface area (Å²) in [5.41, 5.74) is 2.08. The number of carbonyl (C=O) groups is 1. The molecule has 0 unspecified atom stereocenters. The fraction of sp³-hybridized carbons (Fsp3) is 0.364. The molecule has 0 saturated carbocycles. The van der Waals surface area contributed by atoms with Gasteiger partial charge >= 0.3 is 5.37 Å². The molecule has 4 heteroatoms. The zero-order chi connectivity index (χ0) is 11.4. The molecule has 0 aliphatic carbocycles.